The van der Waals surface area contributed by atoms with Gasteiger partial charge >= 0.3 is 0 Å². The molecule has 5 heteroatoms. The second-order valence-corrected chi connectivity index (χ2v) is 7.83. The third kappa shape index (κ3) is 4.79. The summed E-state index contributed by atoms with van der Waals surface area (Å²) in [6.45, 7) is 3.20. The smallest absolute Gasteiger partial charge is 0.119 e. The number of benzene rings is 2. The molecule has 5 nitrogen and oxygen atoms in total. The Balaban J connectivity index is 1.50. The molecule has 0 N–H and O–H groups in total. The fourth-order valence-electron chi connectivity index (χ4n) is 4.29. The van der Waals surface area contributed by atoms with Crippen LogP contribution in [0.4, 0.5) is 0 Å². The maximum Gasteiger partial charge on any atom is 0.119 e. The first-order valence-electron chi connectivity index (χ1n) is 10.6. The third-order valence-corrected chi connectivity index (χ3v) is 5.89. The molecule has 4 rings (SSSR count). The predicted octanol–water partition coefficient (Wildman–Crippen LogP) is 4.55. The summed E-state index contributed by atoms with van der Waals surface area (Å²) >= 11 is 0. The van der Waals surface area contributed by atoms with Crippen LogP contribution in [-0.2, 0) is 11.3 Å². The van der Waals surface area contributed by atoms with Crippen LogP contribution < -0.4 is 4.74 Å². The Morgan fingerprint density at radius 2 is 1.87 bits per heavy atom. The standard InChI is InChI=1S/C25H29N3O2/c1-29-24-8-7-20-16-22(6-5-21(20)17-24)25(27-30-2)23-4-3-14-28(18-23)15-11-19-9-12-26-13-10-19/h5-10,12-13,16-17,23H,3-4,11,14-15,18H2,1-2H3/b27-25-. The van der Waals surface area contributed by atoms with Gasteiger partial charge in [-0.3, -0.25) is 4.98 Å². The van der Waals surface area contributed by atoms with E-state index in [-0.39, 0.29) is 0 Å². The van der Waals surface area contributed by atoms with Gasteiger partial charge in [0.2, 0.25) is 0 Å². The molecule has 1 aliphatic heterocycles. The molecule has 1 fully saturated rings. The van der Waals surface area contributed by atoms with E-state index in [1.54, 1.807) is 14.2 Å². The molecule has 1 aliphatic rings. The quantitative estimate of drug-likeness (QED) is 0.429. The number of methoxy groups -OCH3 is 1. The highest BCUT2D eigenvalue weighted by molar-refractivity contribution is 6.04. The summed E-state index contributed by atoms with van der Waals surface area (Å²) < 4.78 is 5.35. The lowest BCUT2D eigenvalue weighted by Gasteiger charge is -2.33. The molecular weight excluding hydrogens is 374 g/mol. The molecule has 0 aliphatic carbocycles. The fraction of sp³-hybridized carbons (Fsp3) is 0.360. The first-order valence-corrected chi connectivity index (χ1v) is 10.6. The number of hydrogen-bond acceptors (Lipinski definition) is 5. The Bertz CT molecular complexity index is 1000. The summed E-state index contributed by atoms with van der Waals surface area (Å²) in [5.74, 6) is 1.24. The monoisotopic (exact) mass is 403 g/mol. The Morgan fingerprint density at radius 1 is 1.07 bits per heavy atom. The largest absolute Gasteiger partial charge is 0.497 e. The van der Waals surface area contributed by atoms with E-state index < -0.39 is 0 Å². The van der Waals surface area contributed by atoms with Crippen molar-refractivity contribution in [3.05, 3.63) is 72.1 Å². The van der Waals surface area contributed by atoms with Crippen molar-refractivity contribution in [2.75, 3.05) is 33.9 Å². The van der Waals surface area contributed by atoms with Crippen LogP contribution in [0.5, 0.6) is 5.75 Å². The first kappa shape index (κ1) is 20.4. The van der Waals surface area contributed by atoms with Gasteiger partial charge < -0.3 is 14.5 Å². The summed E-state index contributed by atoms with van der Waals surface area (Å²) in [7, 11) is 3.33. The number of fused-ring (bicyclic) bond motifs is 1. The molecule has 3 aromatic rings. The summed E-state index contributed by atoms with van der Waals surface area (Å²) in [6.07, 6.45) is 7.09. The van der Waals surface area contributed by atoms with Gasteiger partial charge in [-0.2, -0.15) is 0 Å². The van der Waals surface area contributed by atoms with Crippen molar-refractivity contribution in [3.8, 4) is 5.75 Å². The van der Waals surface area contributed by atoms with Gasteiger partial charge in [0.1, 0.15) is 12.9 Å². The van der Waals surface area contributed by atoms with E-state index in [4.69, 9.17) is 9.57 Å². The highest BCUT2D eigenvalue weighted by atomic mass is 16.6. The van der Waals surface area contributed by atoms with Crippen LogP contribution in [0.25, 0.3) is 10.8 Å². The molecule has 30 heavy (non-hydrogen) atoms. The van der Waals surface area contributed by atoms with E-state index in [2.05, 4.69) is 57.5 Å². The summed E-state index contributed by atoms with van der Waals surface area (Å²) in [5.41, 5.74) is 3.52. The van der Waals surface area contributed by atoms with Crippen molar-refractivity contribution >= 4 is 16.5 Å². The lowest BCUT2D eigenvalue weighted by atomic mass is 9.88. The summed E-state index contributed by atoms with van der Waals surface area (Å²) in [6, 6.07) is 16.9. The van der Waals surface area contributed by atoms with Crippen molar-refractivity contribution in [1.29, 1.82) is 0 Å². The Kier molecular flexibility index (Phi) is 6.60. The fourth-order valence-corrected chi connectivity index (χ4v) is 4.29. The first-order chi connectivity index (χ1) is 14.8. The summed E-state index contributed by atoms with van der Waals surface area (Å²) in [4.78, 5) is 11.9. The molecule has 156 valence electrons. The van der Waals surface area contributed by atoms with Gasteiger partial charge in [0.05, 0.1) is 12.8 Å². The topological polar surface area (TPSA) is 47.0 Å². The SMILES string of the molecule is CO/N=C(/c1ccc2cc(OC)ccc2c1)C1CCCN(CCc2ccncc2)C1. The van der Waals surface area contributed by atoms with E-state index in [9.17, 15) is 0 Å². The van der Waals surface area contributed by atoms with Gasteiger partial charge in [0, 0.05) is 37.0 Å². The maximum atomic E-state index is 5.35. The molecule has 0 radical (unpaired) electrons. The lowest BCUT2D eigenvalue weighted by Crippen LogP contribution is -2.40. The number of piperidine rings is 1. The second kappa shape index (κ2) is 9.72. The highest BCUT2D eigenvalue weighted by Crippen LogP contribution is 2.26. The van der Waals surface area contributed by atoms with Crippen LogP contribution in [0, 0.1) is 5.92 Å². The molecule has 0 amide bonds. The Labute approximate surface area is 178 Å². The second-order valence-electron chi connectivity index (χ2n) is 7.83. The Morgan fingerprint density at radius 3 is 2.67 bits per heavy atom. The minimum atomic E-state index is 0.367. The molecule has 0 saturated carbocycles. The Hall–Kier alpha value is -2.92. The average molecular weight is 404 g/mol. The van der Waals surface area contributed by atoms with E-state index in [0.717, 1.165) is 54.9 Å². The number of ether oxygens (including phenoxy) is 1. The van der Waals surface area contributed by atoms with Crippen LogP contribution in [0.2, 0.25) is 0 Å². The van der Waals surface area contributed by atoms with Crippen LogP contribution in [0.15, 0.2) is 66.1 Å². The van der Waals surface area contributed by atoms with E-state index in [1.807, 2.05) is 18.5 Å². The predicted molar refractivity (Wildman–Crippen MR) is 121 cm³/mol. The molecule has 1 atom stereocenters. The molecule has 1 aromatic heterocycles. The summed E-state index contributed by atoms with van der Waals surface area (Å²) in [5, 5.41) is 6.82. The lowest BCUT2D eigenvalue weighted by molar-refractivity contribution is 0.190. The van der Waals surface area contributed by atoms with Crippen molar-refractivity contribution < 1.29 is 9.57 Å². The van der Waals surface area contributed by atoms with Gasteiger partial charge in [-0.15, -0.1) is 0 Å². The molecule has 2 heterocycles. The minimum Gasteiger partial charge on any atom is -0.497 e. The number of nitrogens with zero attached hydrogens (tertiary/aromatic N) is 3. The number of likely N-dealkylation sites (tertiary alicyclic amines) is 1. The highest BCUT2D eigenvalue weighted by Gasteiger charge is 2.26. The number of aromatic nitrogens is 1. The van der Waals surface area contributed by atoms with E-state index in [1.165, 1.54) is 17.4 Å². The van der Waals surface area contributed by atoms with Crippen molar-refractivity contribution in [1.82, 2.24) is 9.88 Å². The number of rotatable bonds is 7. The number of hydrogen-bond donors (Lipinski definition) is 0. The minimum absolute atomic E-state index is 0.367. The van der Waals surface area contributed by atoms with Crippen molar-refractivity contribution in [3.63, 3.8) is 0 Å². The molecule has 0 spiro atoms. The van der Waals surface area contributed by atoms with Crippen LogP contribution >= 0.6 is 0 Å². The molecule has 2 aromatic carbocycles. The normalized spacial score (nSPS) is 17.8. The van der Waals surface area contributed by atoms with Crippen LogP contribution in [0.3, 0.4) is 0 Å². The maximum absolute atomic E-state index is 5.35. The zero-order chi connectivity index (χ0) is 20.8. The molecule has 1 saturated heterocycles. The van der Waals surface area contributed by atoms with Crippen molar-refractivity contribution in [2.45, 2.75) is 19.3 Å². The zero-order valence-corrected chi connectivity index (χ0v) is 17.8. The third-order valence-electron chi connectivity index (χ3n) is 5.89. The molecule has 0 bridgehead atoms. The van der Waals surface area contributed by atoms with Crippen molar-refractivity contribution in [2.24, 2.45) is 11.1 Å². The average Bonchev–Trinajstić information content (AvgIpc) is 2.81. The van der Waals surface area contributed by atoms with Gasteiger partial charge in [0.25, 0.3) is 0 Å². The van der Waals surface area contributed by atoms with Gasteiger partial charge in [-0.1, -0.05) is 23.4 Å². The van der Waals surface area contributed by atoms with Gasteiger partial charge in [-0.25, -0.2) is 0 Å². The van der Waals surface area contributed by atoms with Crippen LogP contribution in [-0.4, -0.2) is 49.4 Å². The molecule has 1 unspecified atom stereocenters. The molecular formula is C25H29N3O2. The van der Waals surface area contributed by atoms with E-state index in [0.29, 0.717) is 5.92 Å². The zero-order valence-electron chi connectivity index (χ0n) is 17.8. The van der Waals surface area contributed by atoms with Crippen LogP contribution in [0.1, 0.15) is 24.0 Å². The number of pyridine rings is 1. The number of oxime groups is 1. The van der Waals surface area contributed by atoms with E-state index >= 15 is 0 Å². The van der Waals surface area contributed by atoms with Gasteiger partial charge in [0.15, 0.2) is 0 Å². The van der Waals surface area contributed by atoms with Gasteiger partial charge in [-0.05, 0) is 72.5 Å².